The molecule has 1 nitrogen and oxygen atoms in total. The number of Topliss-reactive ketones (excluding diaryl/α,β-unsaturated/α-hetero) is 1. The van der Waals surface area contributed by atoms with Gasteiger partial charge in [-0.25, -0.2) is 0 Å². The highest BCUT2D eigenvalue weighted by Gasteiger charge is 2.10. The van der Waals surface area contributed by atoms with Crippen molar-refractivity contribution in [3.63, 3.8) is 0 Å². The van der Waals surface area contributed by atoms with Crippen molar-refractivity contribution in [3.8, 4) is 0 Å². The van der Waals surface area contributed by atoms with Crippen molar-refractivity contribution < 1.29 is 4.79 Å². The molecule has 0 aliphatic rings. The van der Waals surface area contributed by atoms with Crippen molar-refractivity contribution in [2.24, 2.45) is 5.92 Å². The maximum Gasteiger partial charge on any atom is 0.163 e. The van der Waals surface area contributed by atoms with Gasteiger partial charge >= 0.3 is 0 Å². The molecule has 1 aromatic carbocycles. The number of hydrogen-bond donors (Lipinski definition) is 0. The van der Waals surface area contributed by atoms with Crippen LogP contribution < -0.4 is 0 Å². The van der Waals surface area contributed by atoms with Crippen LogP contribution in [0.15, 0.2) is 18.2 Å². The molecule has 1 heteroatoms. The Kier molecular flexibility index (Phi) is 3.45. The van der Waals surface area contributed by atoms with Gasteiger partial charge in [0.15, 0.2) is 5.78 Å². The average Bonchev–Trinajstić information content (AvgIpc) is 2.01. The van der Waals surface area contributed by atoms with Crippen LogP contribution in [0.2, 0.25) is 0 Å². The second-order valence-electron chi connectivity index (χ2n) is 4.34. The van der Waals surface area contributed by atoms with E-state index in [2.05, 4.69) is 19.9 Å². The summed E-state index contributed by atoms with van der Waals surface area (Å²) in [4.78, 5) is 11.8. The zero-order chi connectivity index (χ0) is 10.7. The highest BCUT2D eigenvalue weighted by Crippen LogP contribution is 2.15. The van der Waals surface area contributed by atoms with E-state index in [1.807, 2.05) is 26.0 Å². The normalized spacial score (nSPS) is 10.6. The summed E-state index contributed by atoms with van der Waals surface area (Å²) in [7, 11) is 0. The Morgan fingerprint density at radius 2 is 1.93 bits per heavy atom. The molecule has 1 aromatic rings. The Morgan fingerprint density at radius 1 is 1.29 bits per heavy atom. The van der Waals surface area contributed by atoms with Gasteiger partial charge in [0.2, 0.25) is 0 Å². The Balaban J connectivity index is 2.90. The van der Waals surface area contributed by atoms with Crippen molar-refractivity contribution in [2.75, 3.05) is 0 Å². The minimum atomic E-state index is 0.262. The van der Waals surface area contributed by atoms with Gasteiger partial charge in [0.05, 0.1) is 0 Å². The molecular formula is C13H18O. The summed E-state index contributed by atoms with van der Waals surface area (Å²) in [6.07, 6.45) is 0.643. The predicted molar refractivity (Wildman–Crippen MR) is 59.7 cm³/mol. The van der Waals surface area contributed by atoms with Gasteiger partial charge in [-0.1, -0.05) is 37.6 Å². The van der Waals surface area contributed by atoms with E-state index in [4.69, 9.17) is 0 Å². The lowest BCUT2D eigenvalue weighted by molar-refractivity contribution is 0.0967. The van der Waals surface area contributed by atoms with Crippen molar-refractivity contribution in [1.29, 1.82) is 0 Å². The summed E-state index contributed by atoms with van der Waals surface area (Å²) >= 11 is 0. The summed E-state index contributed by atoms with van der Waals surface area (Å²) in [5.74, 6) is 0.695. The first-order valence-corrected chi connectivity index (χ1v) is 5.11. The standard InChI is InChI=1S/C13H18O/c1-9(2)7-13(14)12-6-5-10(3)8-11(12)4/h5-6,8-9H,7H2,1-4H3. The number of rotatable bonds is 3. The van der Waals surface area contributed by atoms with Crippen molar-refractivity contribution in [3.05, 3.63) is 34.9 Å². The molecule has 0 N–H and O–H groups in total. The van der Waals surface area contributed by atoms with E-state index in [1.165, 1.54) is 5.56 Å². The van der Waals surface area contributed by atoms with Crippen LogP contribution in [0.3, 0.4) is 0 Å². The van der Waals surface area contributed by atoms with Crippen LogP contribution in [0.5, 0.6) is 0 Å². The maximum atomic E-state index is 11.8. The van der Waals surface area contributed by atoms with Crippen LogP contribution >= 0.6 is 0 Å². The second kappa shape index (κ2) is 4.41. The van der Waals surface area contributed by atoms with Crippen LogP contribution in [-0.2, 0) is 0 Å². The number of carbonyl (C=O) groups excluding carboxylic acids is 1. The van der Waals surface area contributed by atoms with Crippen molar-refractivity contribution in [1.82, 2.24) is 0 Å². The topological polar surface area (TPSA) is 17.1 Å². The lowest BCUT2D eigenvalue weighted by Crippen LogP contribution is -2.05. The van der Waals surface area contributed by atoms with E-state index in [-0.39, 0.29) is 5.78 Å². The molecular weight excluding hydrogens is 172 g/mol. The van der Waals surface area contributed by atoms with Gasteiger partial charge in [-0.3, -0.25) is 4.79 Å². The molecule has 14 heavy (non-hydrogen) atoms. The van der Waals surface area contributed by atoms with E-state index in [1.54, 1.807) is 0 Å². The minimum absolute atomic E-state index is 0.262. The molecule has 0 spiro atoms. The van der Waals surface area contributed by atoms with Gasteiger partial charge in [-0.15, -0.1) is 0 Å². The zero-order valence-electron chi connectivity index (χ0n) is 9.42. The molecule has 0 saturated carbocycles. The second-order valence-corrected chi connectivity index (χ2v) is 4.34. The zero-order valence-corrected chi connectivity index (χ0v) is 9.42. The summed E-state index contributed by atoms with van der Waals surface area (Å²) in [5, 5.41) is 0. The first-order valence-electron chi connectivity index (χ1n) is 5.11. The number of benzene rings is 1. The molecule has 0 radical (unpaired) electrons. The molecule has 0 heterocycles. The van der Waals surface area contributed by atoms with Gasteiger partial charge in [0, 0.05) is 12.0 Å². The number of carbonyl (C=O) groups is 1. The van der Waals surface area contributed by atoms with Gasteiger partial charge in [-0.05, 0) is 25.3 Å². The summed E-state index contributed by atoms with van der Waals surface area (Å²) in [5.41, 5.74) is 3.18. The van der Waals surface area contributed by atoms with Crippen LogP contribution in [0.4, 0.5) is 0 Å². The largest absolute Gasteiger partial charge is 0.294 e. The molecule has 0 bridgehead atoms. The van der Waals surface area contributed by atoms with E-state index in [0.29, 0.717) is 12.3 Å². The Labute approximate surface area is 86.1 Å². The first kappa shape index (κ1) is 11.0. The monoisotopic (exact) mass is 190 g/mol. The Bertz CT molecular complexity index is 337. The average molecular weight is 190 g/mol. The van der Waals surface area contributed by atoms with Crippen LogP contribution in [0, 0.1) is 19.8 Å². The highest BCUT2D eigenvalue weighted by atomic mass is 16.1. The smallest absolute Gasteiger partial charge is 0.163 e. The summed E-state index contributed by atoms with van der Waals surface area (Å²) in [6.45, 7) is 8.19. The quantitative estimate of drug-likeness (QED) is 0.666. The van der Waals surface area contributed by atoms with Crippen LogP contribution in [-0.4, -0.2) is 5.78 Å². The summed E-state index contributed by atoms with van der Waals surface area (Å²) in [6, 6.07) is 6.00. The molecule has 0 aromatic heterocycles. The first-order chi connectivity index (χ1) is 6.50. The SMILES string of the molecule is Cc1ccc(C(=O)CC(C)C)c(C)c1. The molecule has 0 unspecified atom stereocenters. The highest BCUT2D eigenvalue weighted by molar-refractivity contribution is 5.97. The number of ketones is 1. The third-order valence-electron chi connectivity index (χ3n) is 2.28. The van der Waals surface area contributed by atoms with Crippen LogP contribution in [0.1, 0.15) is 41.8 Å². The van der Waals surface area contributed by atoms with E-state index in [9.17, 15) is 4.79 Å². The van der Waals surface area contributed by atoms with Gasteiger partial charge in [0.1, 0.15) is 0 Å². The third kappa shape index (κ3) is 2.69. The molecule has 0 aliphatic carbocycles. The minimum Gasteiger partial charge on any atom is -0.294 e. The molecule has 0 amide bonds. The van der Waals surface area contributed by atoms with E-state index < -0.39 is 0 Å². The third-order valence-corrected chi connectivity index (χ3v) is 2.28. The molecule has 1 rings (SSSR count). The fraction of sp³-hybridized carbons (Fsp3) is 0.462. The predicted octanol–water partition coefficient (Wildman–Crippen LogP) is 3.53. The maximum absolute atomic E-state index is 11.8. The van der Waals surface area contributed by atoms with E-state index in [0.717, 1.165) is 11.1 Å². The fourth-order valence-corrected chi connectivity index (χ4v) is 1.61. The van der Waals surface area contributed by atoms with Crippen LogP contribution in [0.25, 0.3) is 0 Å². The fourth-order valence-electron chi connectivity index (χ4n) is 1.61. The summed E-state index contributed by atoms with van der Waals surface area (Å²) < 4.78 is 0. The van der Waals surface area contributed by atoms with E-state index >= 15 is 0 Å². The van der Waals surface area contributed by atoms with Gasteiger partial charge in [0.25, 0.3) is 0 Å². The molecule has 0 fully saturated rings. The Morgan fingerprint density at radius 3 is 2.43 bits per heavy atom. The number of hydrogen-bond acceptors (Lipinski definition) is 1. The van der Waals surface area contributed by atoms with Gasteiger partial charge < -0.3 is 0 Å². The molecule has 0 atom stereocenters. The molecule has 0 aliphatic heterocycles. The molecule has 0 saturated heterocycles. The molecule has 76 valence electrons. The lowest BCUT2D eigenvalue weighted by Gasteiger charge is -2.07. The number of aryl methyl sites for hydroxylation is 2. The lowest BCUT2D eigenvalue weighted by atomic mass is 9.97. The Hall–Kier alpha value is -1.11. The van der Waals surface area contributed by atoms with Crippen molar-refractivity contribution in [2.45, 2.75) is 34.1 Å². The van der Waals surface area contributed by atoms with Crippen molar-refractivity contribution >= 4 is 5.78 Å². The van der Waals surface area contributed by atoms with Gasteiger partial charge in [-0.2, -0.15) is 0 Å².